The monoisotopic (exact) mass is 417 g/mol. The number of hydrogen-bond donors (Lipinski definition) is 1. The molecule has 156 valence electrons. The minimum Gasteiger partial charge on any atom is -0.344 e. The summed E-state index contributed by atoms with van der Waals surface area (Å²) in [5.41, 5.74) is 0.602. The first-order chi connectivity index (χ1) is 13.6. The van der Waals surface area contributed by atoms with Gasteiger partial charge in [-0.2, -0.15) is 0 Å². The van der Waals surface area contributed by atoms with Crippen LogP contribution in [-0.2, 0) is 24.2 Å². The summed E-state index contributed by atoms with van der Waals surface area (Å²) in [6.45, 7) is 1.84. The average Bonchev–Trinajstić information content (AvgIpc) is 2.59. The number of Topliss-reactive ketones (excluding diaryl/α,β-unsaturated/α-hetero) is 2. The second-order valence-corrected chi connectivity index (χ2v) is 11.4. The molecule has 0 spiro atoms. The van der Waals surface area contributed by atoms with Gasteiger partial charge in [0, 0.05) is 5.54 Å². The minimum atomic E-state index is -3.82. The lowest BCUT2D eigenvalue weighted by atomic mass is 9.53. The van der Waals surface area contributed by atoms with Gasteiger partial charge >= 0.3 is 0 Å². The Morgan fingerprint density at radius 1 is 0.966 bits per heavy atom. The Labute approximate surface area is 171 Å². The first kappa shape index (κ1) is 20.3. The van der Waals surface area contributed by atoms with Gasteiger partial charge in [-0.25, -0.2) is 8.42 Å². The van der Waals surface area contributed by atoms with Crippen molar-refractivity contribution in [3.05, 3.63) is 29.8 Å². The van der Waals surface area contributed by atoms with Gasteiger partial charge in [0.05, 0.1) is 11.3 Å². The highest BCUT2D eigenvalue weighted by Gasteiger charge is 2.51. The molecule has 4 fully saturated rings. The molecule has 6 nitrogen and oxygen atoms in total. The minimum absolute atomic E-state index is 0.0434. The van der Waals surface area contributed by atoms with Crippen LogP contribution < -0.4 is 5.32 Å². The summed E-state index contributed by atoms with van der Waals surface area (Å²) in [6.07, 6.45) is 5.72. The number of ketones is 2. The topological polar surface area (TPSA) is 97.4 Å². The number of hydrogen-bond acceptors (Lipinski definition) is 5. The largest absolute Gasteiger partial charge is 0.344 e. The summed E-state index contributed by atoms with van der Waals surface area (Å²) in [5, 5.41) is 2.94. The molecule has 0 atom stereocenters. The number of carbonyl (C=O) groups is 3. The number of benzene rings is 1. The van der Waals surface area contributed by atoms with Gasteiger partial charge in [-0.05, 0) is 75.3 Å². The molecule has 0 saturated heterocycles. The lowest BCUT2D eigenvalue weighted by molar-refractivity contribution is -0.142. The number of rotatable bonds is 7. The van der Waals surface area contributed by atoms with E-state index in [0.717, 1.165) is 24.8 Å². The van der Waals surface area contributed by atoms with Crippen molar-refractivity contribution in [2.75, 3.05) is 5.75 Å². The molecule has 0 unspecified atom stereocenters. The number of carbonyl (C=O) groups excluding carboxylic acids is 3. The van der Waals surface area contributed by atoms with E-state index in [4.69, 9.17) is 0 Å². The molecule has 29 heavy (non-hydrogen) atoms. The predicted molar refractivity (Wildman–Crippen MR) is 107 cm³/mol. The summed E-state index contributed by atoms with van der Waals surface area (Å²) in [7, 11) is -3.82. The summed E-state index contributed by atoms with van der Waals surface area (Å²) >= 11 is 0. The fourth-order valence-electron chi connectivity index (χ4n) is 5.93. The maximum atomic E-state index is 12.5. The summed E-state index contributed by atoms with van der Waals surface area (Å²) in [5.74, 6) is -1.24. The molecule has 1 N–H and O–H groups in total. The molecule has 1 aromatic carbocycles. The third-order valence-corrected chi connectivity index (χ3v) is 8.45. The van der Waals surface area contributed by atoms with Gasteiger partial charge in [0.2, 0.25) is 5.78 Å². The number of nitrogens with one attached hydrogen (secondary N) is 1. The van der Waals surface area contributed by atoms with Crippen molar-refractivity contribution >= 4 is 27.3 Å². The van der Waals surface area contributed by atoms with Crippen molar-refractivity contribution in [1.29, 1.82) is 0 Å². The molecule has 5 rings (SSSR count). The van der Waals surface area contributed by atoms with Crippen LogP contribution in [-0.4, -0.2) is 37.2 Å². The smallest absolute Gasteiger partial charge is 0.288 e. The standard InChI is InChI=1S/C22H27NO5S/c1-14-2-4-19(5-3-14)29(27,28)13-18(24)9-20(25)21(26)23-22-10-15-6-16(11-22)8-17(7-15)12-22/h2-5,15-17H,6-13H2,1H3,(H,23,26). The Kier molecular flexibility index (Phi) is 5.13. The normalized spacial score (nSPS) is 30.2. The van der Waals surface area contributed by atoms with Crippen LogP contribution in [0.4, 0.5) is 0 Å². The molecule has 7 heteroatoms. The molecule has 4 bridgehead atoms. The summed E-state index contributed by atoms with van der Waals surface area (Å²) in [6, 6.07) is 6.20. The Balaban J connectivity index is 1.34. The molecular formula is C22H27NO5S. The van der Waals surface area contributed by atoms with Crippen LogP contribution in [0.2, 0.25) is 0 Å². The van der Waals surface area contributed by atoms with Crippen molar-refractivity contribution in [3.63, 3.8) is 0 Å². The van der Waals surface area contributed by atoms with Gasteiger partial charge in [-0.1, -0.05) is 17.7 Å². The maximum absolute atomic E-state index is 12.5. The van der Waals surface area contributed by atoms with Gasteiger partial charge in [0.15, 0.2) is 15.6 Å². The van der Waals surface area contributed by atoms with Crippen molar-refractivity contribution in [2.45, 2.75) is 62.3 Å². The number of aryl methyl sites for hydroxylation is 1. The van der Waals surface area contributed by atoms with Gasteiger partial charge < -0.3 is 5.32 Å². The molecule has 1 amide bonds. The van der Waals surface area contributed by atoms with Crippen molar-refractivity contribution in [2.24, 2.45) is 17.8 Å². The summed E-state index contributed by atoms with van der Waals surface area (Å²) < 4.78 is 24.7. The first-order valence-electron chi connectivity index (χ1n) is 10.3. The highest BCUT2D eigenvalue weighted by molar-refractivity contribution is 7.92. The predicted octanol–water partition coefficient (Wildman–Crippen LogP) is 2.38. The zero-order chi connectivity index (χ0) is 20.8. The van der Waals surface area contributed by atoms with Crippen LogP contribution in [0.15, 0.2) is 29.2 Å². The van der Waals surface area contributed by atoms with E-state index in [1.807, 2.05) is 6.92 Å². The van der Waals surface area contributed by atoms with E-state index in [2.05, 4.69) is 5.32 Å². The molecule has 4 aliphatic carbocycles. The third kappa shape index (κ3) is 4.29. The van der Waals surface area contributed by atoms with Crippen LogP contribution in [0.3, 0.4) is 0 Å². The van der Waals surface area contributed by atoms with E-state index in [0.29, 0.717) is 17.8 Å². The highest BCUT2D eigenvalue weighted by atomic mass is 32.2. The Morgan fingerprint density at radius 2 is 1.48 bits per heavy atom. The first-order valence-corrected chi connectivity index (χ1v) is 12.0. The van der Waals surface area contributed by atoms with Gasteiger partial charge in [0.25, 0.3) is 5.91 Å². The van der Waals surface area contributed by atoms with Crippen molar-refractivity contribution in [1.82, 2.24) is 5.32 Å². The summed E-state index contributed by atoms with van der Waals surface area (Å²) in [4.78, 5) is 37.0. The molecule has 0 aromatic heterocycles. The quantitative estimate of drug-likeness (QED) is 0.543. The molecule has 4 aliphatic rings. The fraction of sp³-hybridized carbons (Fsp3) is 0.591. The van der Waals surface area contributed by atoms with E-state index >= 15 is 0 Å². The molecular weight excluding hydrogens is 390 g/mol. The fourth-order valence-corrected chi connectivity index (χ4v) is 7.17. The van der Waals surface area contributed by atoms with E-state index in [-0.39, 0.29) is 10.4 Å². The zero-order valence-electron chi connectivity index (χ0n) is 16.6. The zero-order valence-corrected chi connectivity index (χ0v) is 17.5. The SMILES string of the molecule is Cc1ccc(S(=O)(=O)CC(=O)CC(=O)C(=O)NC23CC4CC(CC(C4)C2)C3)cc1. The lowest BCUT2D eigenvalue weighted by Crippen LogP contribution is -2.60. The van der Waals surface area contributed by atoms with Crippen molar-refractivity contribution in [3.8, 4) is 0 Å². The molecule has 4 saturated carbocycles. The van der Waals surface area contributed by atoms with Gasteiger partial charge in [0.1, 0.15) is 5.75 Å². The molecule has 0 heterocycles. The molecule has 1 aromatic rings. The average molecular weight is 418 g/mol. The Bertz CT molecular complexity index is 913. The second kappa shape index (κ2) is 7.35. The van der Waals surface area contributed by atoms with Gasteiger partial charge in [-0.15, -0.1) is 0 Å². The molecule has 0 aliphatic heterocycles. The number of sulfone groups is 1. The Hall–Kier alpha value is -2.02. The van der Waals surface area contributed by atoms with Crippen LogP contribution >= 0.6 is 0 Å². The van der Waals surface area contributed by atoms with Crippen LogP contribution in [0.25, 0.3) is 0 Å². The Morgan fingerprint density at radius 3 is 2.00 bits per heavy atom. The second-order valence-electron chi connectivity index (χ2n) is 9.36. The van der Waals surface area contributed by atoms with Gasteiger partial charge in [-0.3, -0.25) is 14.4 Å². The van der Waals surface area contributed by atoms with E-state index in [9.17, 15) is 22.8 Å². The van der Waals surface area contributed by atoms with Crippen LogP contribution in [0.5, 0.6) is 0 Å². The molecule has 0 radical (unpaired) electrons. The van der Waals surface area contributed by atoms with E-state index in [1.54, 1.807) is 12.1 Å². The van der Waals surface area contributed by atoms with Crippen LogP contribution in [0, 0.1) is 24.7 Å². The van der Waals surface area contributed by atoms with E-state index in [1.165, 1.54) is 31.4 Å². The highest BCUT2D eigenvalue weighted by Crippen LogP contribution is 2.55. The lowest BCUT2D eigenvalue weighted by Gasteiger charge is -2.56. The van der Waals surface area contributed by atoms with Crippen molar-refractivity contribution < 1.29 is 22.8 Å². The number of amides is 1. The maximum Gasteiger partial charge on any atom is 0.288 e. The third-order valence-electron chi connectivity index (χ3n) is 6.76. The van der Waals surface area contributed by atoms with Crippen LogP contribution in [0.1, 0.15) is 50.5 Å². The van der Waals surface area contributed by atoms with E-state index < -0.39 is 39.5 Å².